The fourth-order valence-corrected chi connectivity index (χ4v) is 4.60. The molecule has 4 aromatic rings. The molecule has 7 N–H and O–H groups in total. The van der Waals surface area contributed by atoms with Crippen molar-refractivity contribution in [3.05, 3.63) is 76.5 Å². The second-order valence-electron chi connectivity index (χ2n) is 10.0. The molecule has 0 radical (unpaired) electrons. The third-order valence-corrected chi connectivity index (χ3v) is 6.97. The Morgan fingerprint density at radius 3 is 2.36 bits per heavy atom. The topological polar surface area (TPSA) is 226 Å². The van der Waals surface area contributed by atoms with Crippen LogP contribution in [-0.2, 0) is 14.3 Å². The maximum atomic E-state index is 12.8. The Bertz CT molecular complexity index is 1810. The molecule has 5 rings (SSSR count). The first kappa shape index (κ1) is 31.2. The largest absolute Gasteiger partial charge is 0.507 e. The van der Waals surface area contributed by atoms with Crippen molar-refractivity contribution in [2.75, 3.05) is 13.7 Å². The molecular formula is C31H28O14. The lowest BCUT2D eigenvalue weighted by Crippen LogP contribution is -2.60. The number of phenolic OH excluding ortho intramolecular Hbond substituents is 4. The van der Waals surface area contributed by atoms with Gasteiger partial charge in [0, 0.05) is 29.8 Å². The number of aliphatic hydroxyl groups is 3. The highest BCUT2D eigenvalue weighted by Gasteiger charge is 2.45. The fraction of sp³-hybridized carbons (Fsp3) is 0.226. The standard InChI is InChI=1S/C31H28O14/c1-41-22-6-2-14(8-19(22)34)3-7-26(37)42-13-25-28(38)29(39)30(40)31(45-25)43-16-10-20(35)27-21(36)12-23(44-24(27)11-16)15-4-5-17(32)18(33)9-15/h2-12,25,28-35,38-40H,13H2,1H3. The molecule has 0 spiro atoms. The summed E-state index contributed by atoms with van der Waals surface area (Å²) in [5, 5.41) is 71.0. The molecule has 0 aliphatic carbocycles. The number of aliphatic hydroxyl groups excluding tert-OH is 3. The lowest BCUT2D eigenvalue weighted by atomic mass is 9.99. The lowest BCUT2D eigenvalue weighted by molar-refractivity contribution is -0.278. The zero-order chi connectivity index (χ0) is 32.4. The molecule has 236 valence electrons. The second kappa shape index (κ2) is 12.8. The van der Waals surface area contributed by atoms with Crippen LogP contribution in [0, 0.1) is 0 Å². The molecule has 0 amide bonds. The summed E-state index contributed by atoms with van der Waals surface area (Å²) in [6.45, 7) is -0.553. The minimum absolute atomic E-state index is 0.00781. The average Bonchev–Trinajstić information content (AvgIpc) is 3.00. The van der Waals surface area contributed by atoms with Crippen LogP contribution >= 0.6 is 0 Å². The molecular weight excluding hydrogens is 596 g/mol. The normalized spacial score (nSPS) is 21.6. The van der Waals surface area contributed by atoms with Crippen LogP contribution in [0.15, 0.2) is 69.9 Å². The van der Waals surface area contributed by atoms with Crippen molar-refractivity contribution >= 4 is 23.0 Å². The molecule has 1 fully saturated rings. The van der Waals surface area contributed by atoms with Crippen molar-refractivity contribution in [1.82, 2.24) is 0 Å². The van der Waals surface area contributed by atoms with E-state index in [1.54, 1.807) is 6.07 Å². The van der Waals surface area contributed by atoms with Gasteiger partial charge in [-0.1, -0.05) is 6.07 Å². The van der Waals surface area contributed by atoms with Crippen molar-refractivity contribution in [3.63, 3.8) is 0 Å². The van der Waals surface area contributed by atoms with E-state index in [4.69, 9.17) is 23.4 Å². The lowest BCUT2D eigenvalue weighted by Gasteiger charge is -2.39. The first-order chi connectivity index (χ1) is 21.4. The Balaban J connectivity index is 1.31. The maximum Gasteiger partial charge on any atom is 0.330 e. The van der Waals surface area contributed by atoms with Gasteiger partial charge < -0.3 is 59.1 Å². The molecule has 1 aliphatic heterocycles. The van der Waals surface area contributed by atoms with E-state index in [9.17, 15) is 45.3 Å². The van der Waals surface area contributed by atoms with Crippen LogP contribution in [-0.4, -0.2) is 86.1 Å². The summed E-state index contributed by atoms with van der Waals surface area (Å²) in [4.78, 5) is 25.0. The minimum Gasteiger partial charge on any atom is -0.507 e. The molecule has 3 aromatic carbocycles. The van der Waals surface area contributed by atoms with E-state index in [0.717, 1.165) is 18.2 Å². The molecule has 1 saturated heterocycles. The van der Waals surface area contributed by atoms with Crippen molar-refractivity contribution in [3.8, 4) is 45.8 Å². The van der Waals surface area contributed by atoms with Gasteiger partial charge in [0.2, 0.25) is 6.29 Å². The number of aromatic hydroxyl groups is 4. The summed E-state index contributed by atoms with van der Waals surface area (Å²) in [7, 11) is 1.39. The Morgan fingerprint density at radius 1 is 0.867 bits per heavy atom. The van der Waals surface area contributed by atoms with Gasteiger partial charge in [-0.05, 0) is 42.0 Å². The van der Waals surface area contributed by atoms with E-state index in [1.807, 2.05) is 0 Å². The van der Waals surface area contributed by atoms with Crippen molar-refractivity contribution < 1.29 is 63.9 Å². The zero-order valence-electron chi connectivity index (χ0n) is 23.4. The fourth-order valence-electron chi connectivity index (χ4n) is 4.60. The van der Waals surface area contributed by atoms with Crippen molar-refractivity contribution in [2.45, 2.75) is 30.7 Å². The number of benzene rings is 3. The molecule has 14 heteroatoms. The highest BCUT2D eigenvalue weighted by atomic mass is 16.7. The van der Waals surface area contributed by atoms with Gasteiger partial charge in [0.25, 0.3) is 0 Å². The van der Waals surface area contributed by atoms with Gasteiger partial charge in [0.05, 0.1) is 7.11 Å². The summed E-state index contributed by atoms with van der Waals surface area (Å²) in [6.07, 6.45) is -5.80. The highest BCUT2D eigenvalue weighted by Crippen LogP contribution is 2.35. The molecule has 45 heavy (non-hydrogen) atoms. The average molecular weight is 625 g/mol. The van der Waals surface area contributed by atoms with Gasteiger partial charge in [-0.2, -0.15) is 0 Å². The van der Waals surface area contributed by atoms with E-state index in [-0.39, 0.29) is 45.3 Å². The number of methoxy groups -OCH3 is 1. The van der Waals surface area contributed by atoms with E-state index in [1.165, 1.54) is 49.6 Å². The predicted molar refractivity (Wildman–Crippen MR) is 155 cm³/mol. The molecule has 5 atom stereocenters. The van der Waals surface area contributed by atoms with E-state index in [0.29, 0.717) is 5.56 Å². The summed E-state index contributed by atoms with van der Waals surface area (Å²) in [6, 6.07) is 11.6. The van der Waals surface area contributed by atoms with Crippen molar-refractivity contribution in [1.29, 1.82) is 0 Å². The van der Waals surface area contributed by atoms with E-state index in [2.05, 4.69) is 0 Å². The van der Waals surface area contributed by atoms with Crippen LogP contribution in [0.3, 0.4) is 0 Å². The number of rotatable bonds is 8. The Kier molecular flexibility index (Phi) is 8.83. The first-order valence-electron chi connectivity index (χ1n) is 13.4. The van der Waals surface area contributed by atoms with Crippen molar-refractivity contribution in [2.24, 2.45) is 0 Å². The van der Waals surface area contributed by atoms with Crippen LogP contribution in [0.4, 0.5) is 0 Å². The first-order valence-corrected chi connectivity index (χ1v) is 13.4. The van der Waals surface area contributed by atoms with Crippen LogP contribution in [0.1, 0.15) is 5.56 Å². The molecule has 1 aliphatic rings. The summed E-state index contributed by atoms with van der Waals surface area (Å²) < 4.78 is 27.1. The van der Waals surface area contributed by atoms with Gasteiger partial charge in [0.1, 0.15) is 59.3 Å². The molecule has 5 unspecified atom stereocenters. The van der Waals surface area contributed by atoms with Gasteiger partial charge in [0.15, 0.2) is 28.4 Å². The van der Waals surface area contributed by atoms with Crippen LogP contribution in [0.25, 0.3) is 28.4 Å². The summed E-state index contributed by atoms with van der Waals surface area (Å²) in [5.74, 6) is -2.27. The number of ether oxygens (including phenoxy) is 4. The number of esters is 1. The molecule has 14 nitrogen and oxygen atoms in total. The van der Waals surface area contributed by atoms with Gasteiger partial charge in [-0.15, -0.1) is 0 Å². The number of fused-ring (bicyclic) bond motifs is 1. The van der Waals surface area contributed by atoms with Crippen LogP contribution < -0.4 is 14.9 Å². The summed E-state index contributed by atoms with van der Waals surface area (Å²) >= 11 is 0. The highest BCUT2D eigenvalue weighted by molar-refractivity contribution is 5.87. The van der Waals surface area contributed by atoms with Gasteiger partial charge in [-0.3, -0.25) is 4.79 Å². The predicted octanol–water partition coefficient (Wildman–Crippen LogP) is 1.73. The monoisotopic (exact) mass is 624 g/mol. The Labute approximate surface area is 253 Å². The minimum atomic E-state index is -1.79. The van der Waals surface area contributed by atoms with E-state index >= 15 is 0 Å². The maximum absolute atomic E-state index is 12.8. The Hall–Kier alpha value is -5.28. The third-order valence-electron chi connectivity index (χ3n) is 6.97. The molecule has 0 bridgehead atoms. The zero-order valence-corrected chi connectivity index (χ0v) is 23.4. The number of carbonyl (C=O) groups excluding carboxylic acids is 1. The molecule has 2 heterocycles. The molecule has 0 saturated carbocycles. The number of hydrogen-bond donors (Lipinski definition) is 7. The Morgan fingerprint density at radius 2 is 1.64 bits per heavy atom. The smallest absolute Gasteiger partial charge is 0.330 e. The number of hydrogen-bond acceptors (Lipinski definition) is 14. The van der Waals surface area contributed by atoms with E-state index < -0.39 is 60.2 Å². The number of carbonyl (C=O) groups is 1. The second-order valence-corrected chi connectivity index (χ2v) is 10.0. The van der Waals surface area contributed by atoms with Gasteiger partial charge >= 0.3 is 5.97 Å². The third kappa shape index (κ3) is 6.63. The molecule has 1 aromatic heterocycles. The quantitative estimate of drug-likeness (QED) is 0.0842. The van der Waals surface area contributed by atoms with Crippen LogP contribution in [0.2, 0.25) is 0 Å². The summed E-state index contributed by atoms with van der Waals surface area (Å²) in [5.41, 5.74) is -0.0647. The van der Waals surface area contributed by atoms with Gasteiger partial charge in [-0.25, -0.2) is 4.79 Å². The number of phenols is 4. The SMILES string of the molecule is COc1ccc(C=CC(=O)OCC2OC(Oc3cc(O)c4c(=O)cc(-c5ccc(O)c(O)c5)oc4c3)C(O)C(O)C2O)cc1O. The van der Waals surface area contributed by atoms with Crippen LogP contribution in [0.5, 0.6) is 34.5 Å².